The van der Waals surface area contributed by atoms with Crippen LogP contribution in [0.15, 0.2) is 22.2 Å². The summed E-state index contributed by atoms with van der Waals surface area (Å²) in [5, 5.41) is 0. The van der Waals surface area contributed by atoms with Crippen LogP contribution in [0.25, 0.3) is 11.2 Å². The van der Waals surface area contributed by atoms with E-state index in [0.29, 0.717) is 25.3 Å². The molecule has 1 unspecified atom stereocenters. The third kappa shape index (κ3) is 2.95. The lowest BCUT2D eigenvalue weighted by molar-refractivity contribution is 0.311. The first-order valence-corrected chi connectivity index (χ1v) is 9.61. The van der Waals surface area contributed by atoms with Gasteiger partial charge in [0.1, 0.15) is 11.3 Å². The number of aromatic amines is 1. The summed E-state index contributed by atoms with van der Waals surface area (Å²) in [4.78, 5) is 31.7. The molecule has 1 fully saturated rings. The van der Waals surface area contributed by atoms with Crippen LogP contribution in [0.3, 0.4) is 0 Å². The maximum Gasteiger partial charge on any atom is 0.332 e. The zero-order chi connectivity index (χ0) is 18.4. The summed E-state index contributed by atoms with van der Waals surface area (Å²) < 4.78 is 28.3. The molecule has 25 heavy (non-hydrogen) atoms. The number of aryl methyl sites for hydroxylation is 1. The number of sulfonamides is 1. The fourth-order valence-corrected chi connectivity index (χ4v) is 4.53. The zero-order valence-electron chi connectivity index (χ0n) is 14.2. The minimum atomic E-state index is -3.38. The van der Waals surface area contributed by atoms with Crippen LogP contribution in [-0.4, -0.2) is 50.7 Å². The molecule has 0 aromatic carbocycles. The number of hydrogen-bond acceptors (Lipinski definition) is 5. The molecule has 0 aliphatic carbocycles. The molecular weight excluding hydrogens is 346 g/mol. The summed E-state index contributed by atoms with van der Waals surface area (Å²) in [6, 6.07) is 0. The van der Waals surface area contributed by atoms with Crippen LogP contribution in [-0.2, 0) is 24.1 Å². The zero-order valence-corrected chi connectivity index (χ0v) is 15.0. The Morgan fingerprint density at radius 1 is 1.32 bits per heavy atom. The third-order valence-electron chi connectivity index (χ3n) is 4.61. The average Bonchev–Trinajstić information content (AvgIpc) is 3.04. The molecule has 136 valence electrons. The van der Waals surface area contributed by atoms with Crippen LogP contribution in [0.5, 0.6) is 0 Å². The van der Waals surface area contributed by atoms with Gasteiger partial charge in [-0.3, -0.25) is 13.9 Å². The van der Waals surface area contributed by atoms with Crippen LogP contribution in [0.4, 0.5) is 0 Å². The van der Waals surface area contributed by atoms with Crippen molar-refractivity contribution in [3.63, 3.8) is 0 Å². The summed E-state index contributed by atoms with van der Waals surface area (Å²) in [5.74, 6) is 0.280. The molecule has 1 aliphatic heterocycles. The van der Waals surface area contributed by atoms with Crippen molar-refractivity contribution in [1.29, 1.82) is 0 Å². The number of fused-ring (bicyclic) bond motifs is 1. The van der Waals surface area contributed by atoms with Gasteiger partial charge in [-0.15, -0.1) is 6.58 Å². The first-order valence-electron chi connectivity index (χ1n) is 8.00. The van der Waals surface area contributed by atoms with E-state index in [2.05, 4.69) is 16.5 Å². The molecule has 0 radical (unpaired) electrons. The van der Waals surface area contributed by atoms with E-state index in [9.17, 15) is 18.0 Å². The second-order valence-corrected chi connectivity index (χ2v) is 8.30. The molecule has 1 aliphatic rings. The molecule has 1 atom stereocenters. The molecule has 3 rings (SSSR count). The maximum absolute atomic E-state index is 12.3. The van der Waals surface area contributed by atoms with Gasteiger partial charge >= 0.3 is 5.69 Å². The van der Waals surface area contributed by atoms with Crippen LogP contribution in [0, 0.1) is 0 Å². The number of aromatic nitrogens is 4. The van der Waals surface area contributed by atoms with Crippen molar-refractivity contribution in [2.45, 2.75) is 18.8 Å². The largest absolute Gasteiger partial charge is 0.336 e. The summed E-state index contributed by atoms with van der Waals surface area (Å²) >= 11 is 0. The van der Waals surface area contributed by atoms with Crippen molar-refractivity contribution in [3.05, 3.63) is 39.3 Å². The minimum Gasteiger partial charge on any atom is -0.336 e. The molecule has 0 spiro atoms. The van der Waals surface area contributed by atoms with Crippen LogP contribution in [0.2, 0.25) is 0 Å². The molecule has 0 saturated carbocycles. The number of hydrogen-bond donors (Lipinski definition) is 1. The Balaban J connectivity index is 2.01. The molecule has 1 N–H and O–H groups in total. The molecular formula is C15H21N5O4S. The van der Waals surface area contributed by atoms with Gasteiger partial charge in [0.15, 0.2) is 5.65 Å². The predicted molar refractivity (Wildman–Crippen MR) is 94.1 cm³/mol. The van der Waals surface area contributed by atoms with Crippen molar-refractivity contribution in [1.82, 2.24) is 23.4 Å². The molecule has 2 aromatic heterocycles. The Labute approximate surface area is 144 Å². The van der Waals surface area contributed by atoms with E-state index in [-0.39, 0.29) is 22.8 Å². The van der Waals surface area contributed by atoms with Crippen molar-refractivity contribution in [2.75, 3.05) is 18.8 Å². The van der Waals surface area contributed by atoms with E-state index in [1.807, 2.05) is 0 Å². The van der Waals surface area contributed by atoms with Crippen LogP contribution in [0.1, 0.15) is 24.6 Å². The first-order chi connectivity index (χ1) is 11.8. The third-order valence-corrected chi connectivity index (χ3v) is 6.38. The number of imidazole rings is 1. The van der Waals surface area contributed by atoms with Crippen molar-refractivity contribution in [2.24, 2.45) is 14.1 Å². The highest BCUT2D eigenvalue weighted by Gasteiger charge is 2.30. The standard InChI is InChI=1S/C15H21N5O4S/c1-4-8-25(23,24)20-7-5-6-10(9-20)12-16-11-13(17-12)18(2)15(22)19(3)14(11)21/h4,10H,1,5-9H2,2-3H3,(H,16,17). The number of H-pyrrole nitrogens is 1. The van der Waals surface area contributed by atoms with E-state index in [1.165, 1.54) is 22.0 Å². The monoisotopic (exact) mass is 367 g/mol. The van der Waals surface area contributed by atoms with Crippen LogP contribution < -0.4 is 11.2 Å². The van der Waals surface area contributed by atoms with Gasteiger partial charge in [-0.25, -0.2) is 22.5 Å². The Hall–Kier alpha value is -2.20. The average molecular weight is 367 g/mol. The molecule has 1 saturated heterocycles. The topological polar surface area (TPSA) is 110 Å². The highest BCUT2D eigenvalue weighted by atomic mass is 32.2. The SMILES string of the molecule is C=CCS(=O)(=O)N1CCCC(c2nc3c([nH]2)c(=O)n(C)c(=O)n3C)C1. The van der Waals surface area contributed by atoms with Gasteiger partial charge in [-0.2, -0.15) is 0 Å². The van der Waals surface area contributed by atoms with Gasteiger partial charge in [0.25, 0.3) is 5.56 Å². The lowest BCUT2D eigenvalue weighted by Crippen LogP contribution is -2.40. The molecule has 0 bridgehead atoms. The number of piperidine rings is 1. The van der Waals surface area contributed by atoms with Crippen molar-refractivity contribution in [3.8, 4) is 0 Å². The molecule has 0 amide bonds. The number of nitrogens with zero attached hydrogens (tertiary/aromatic N) is 4. The van der Waals surface area contributed by atoms with Crippen LogP contribution >= 0.6 is 0 Å². The lowest BCUT2D eigenvalue weighted by Gasteiger charge is -2.30. The van der Waals surface area contributed by atoms with E-state index < -0.39 is 21.3 Å². The molecule has 10 heteroatoms. The van der Waals surface area contributed by atoms with Gasteiger partial charge in [0.05, 0.1) is 5.75 Å². The van der Waals surface area contributed by atoms with E-state index >= 15 is 0 Å². The Morgan fingerprint density at radius 3 is 2.72 bits per heavy atom. The fourth-order valence-electron chi connectivity index (χ4n) is 3.21. The van der Waals surface area contributed by atoms with Gasteiger partial charge in [0, 0.05) is 33.1 Å². The Kier molecular flexibility index (Phi) is 4.41. The summed E-state index contributed by atoms with van der Waals surface area (Å²) in [5.41, 5.74) is -0.349. The molecule has 3 heterocycles. The highest BCUT2D eigenvalue weighted by Crippen LogP contribution is 2.27. The highest BCUT2D eigenvalue weighted by molar-refractivity contribution is 7.89. The lowest BCUT2D eigenvalue weighted by atomic mass is 9.99. The first kappa shape index (κ1) is 17.6. The Morgan fingerprint density at radius 2 is 2.04 bits per heavy atom. The summed E-state index contributed by atoms with van der Waals surface area (Å²) in [7, 11) is -0.418. The number of rotatable bonds is 4. The second-order valence-electron chi connectivity index (χ2n) is 6.29. The summed E-state index contributed by atoms with van der Waals surface area (Å²) in [6.07, 6.45) is 2.84. The van der Waals surface area contributed by atoms with Gasteiger partial charge in [0.2, 0.25) is 10.0 Å². The fraction of sp³-hybridized carbons (Fsp3) is 0.533. The normalized spacial score (nSPS) is 19.4. The quantitative estimate of drug-likeness (QED) is 0.743. The van der Waals surface area contributed by atoms with Gasteiger partial charge < -0.3 is 4.98 Å². The maximum atomic E-state index is 12.3. The van der Waals surface area contributed by atoms with Gasteiger partial charge in [-0.05, 0) is 12.8 Å². The minimum absolute atomic E-state index is 0.102. The molecule has 2 aromatic rings. The number of nitrogens with one attached hydrogen (secondary N) is 1. The summed E-state index contributed by atoms with van der Waals surface area (Å²) in [6.45, 7) is 4.25. The van der Waals surface area contributed by atoms with E-state index in [1.54, 1.807) is 7.05 Å². The van der Waals surface area contributed by atoms with E-state index in [4.69, 9.17) is 0 Å². The van der Waals surface area contributed by atoms with Gasteiger partial charge in [-0.1, -0.05) is 6.08 Å². The van der Waals surface area contributed by atoms with Crippen molar-refractivity contribution >= 4 is 21.2 Å². The molecule has 9 nitrogen and oxygen atoms in total. The predicted octanol–water partition coefficient (Wildman–Crippen LogP) is -0.344. The van der Waals surface area contributed by atoms with Crippen molar-refractivity contribution < 1.29 is 8.42 Å². The second kappa shape index (κ2) is 6.26. The van der Waals surface area contributed by atoms with E-state index in [0.717, 1.165) is 11.0 Å². The smallest absolute Gasteiger partial charge is 0.332 e. The Bertz CT molecular complexity index is 1050.